The van der Waals surface area contributed by atoms with Gasteiger partial charge in [0.05, 0.1) is 16.3 Å². The number of aromatic carboxylic acids is 1. The lowest BCUT2D eigenvalue weighted by atomic mass is 10.1. The summed E-state index contributed by atoms with van der Waals surface area (Å²) in [5.41, 5.74) is 2.55. The molecule has 1 aliphatic rings. The van der Waals surface area contributed by atoms with Gasteiger partial charge in [-0.1, -0.05) is 29.6 Å². The van der Waals surface area contributed by atoms with Crippen molar-refractivity contribution in [1.29, 1.82) is 0 Å². The van der Waals surface area contributed by atoms with E-state index in [0.717, 1.165) is 32.4 Å². The summed E-state index contributed by atoms with van der Waals surface area (Å²) in [5.74, 6) is -1.22. The van der Waals surface area contributed by atoms with E-state index < -0.39 is 12.0 Å². The van der Waals surface area contributed by atoms with Crippen molar-refractivity contribution in [3.8, 4) is 0 Å². The number of carbonyl (C=O) groups excluding carboxylic acids is 1. The van der Waals surface area contributed by atoms with Gasteiger partial charge in [-0.2, -0.15) is 0 Å². The Kier molecular flexibility index (Phi) is 5.27. The molecule has 1 heterocycles. The highest BCUT2D eigenvalue weighted by molar-refractivity contribution is 6.37. The Bertz CT molecular complexity index is 560. The molecule has 2 amide bonds. The van der Waals surface area contributed by atoms with E-state index in [0.29, 0.717) is 0 Å². The summed E-state index contributed by atoms with van der Waals surface area (Å²) < 4.78 is 0. The molecular weight excluding hydrogens is 317 g/mol. The fourth-order valence-corrected chi connectivity index (χ4v) is 2.70. The molecule has 0 spiro atoms. The normalized spacial score (nSPS) is 15.5. The van der Waals surface area contributed by atoms with Gasteiger partial charge >= 0.3 is 12.0 Å². The molecule has 0 atom stereocenters. The molecule has 3 N–H and O–H groups in total. The van der Waals surface area contributed by atoms with Crippen molar-refractivity contribution in [2.24, 2.45) is 0 Å². The molecule has 6 nitrogen and oxygen atoms in total. The zero-order chi connectivity index (χ0) is 15.4. The first-order valence-electron chi connectivity index (χ1n) is 6.52. The summed E-state index contributed by atoms with van der Waals surface area (Å²) in [4.78, 5) is 23.1. The maximum absolute atomic E-state index is 11.9. The fraction of sp³-hybridized carbons (Fsp3) is 0.385. The summed E-state index contributed by atoms with van der Waals surface area (Å²) in [7, 11) is 0. The van der Waals surface area contributed by atoms with E-state index in [9.17, 15) is 9.59 Å². The largest absolute Gasteiger partial charge is 0.478 e. The first kappa shape index (κ1) is 15.9. The summed E-state index contributed by atoms with van der Waals surface area (Å²) in [5, 5.41) is 13.7. The summed E-state index contributed by atoms with van der Waals surface area (Å²) in [6, 6.07) is 2.10. The van der Waals surface area contributed by atoms with Crippen molar-refractivity contribution in [3.05, 3.63) is 27.7 Å². The Morgan fingerprint density at radius 2 is 1.81 bits per heavy atom. The molecule has 1 fully saturated rings. The van der Waals surface area contributed by atoms with Gasteiger partial charge in [-0.25, -0.2) is 14.6 Å². The van der Waals surface area contributed by atoms with Gasteiger partial charge in [-0.3, -0.25) is 5.43 Å². The first-order chi connectivity index (χ1) is 9.97. The highest BCUT2D eigenvalue weighted by Gasteiger charge is 2.19. The van der Waals surface area contributed by atoms with E-state index in [1.807, 2.05) is 0 Å². The number of nitrogens with one attached hydrogen (secondary N) is 2. The average Bonchev–Trinajstić information content (AvgIpc) is 2.42. The second-order valence-electron chi connectivity index (χ2n) is 4.73. The molecule has 1 aliphatic heterocycles. The molecule has 1 saturated heterocycles. The van der Waals surface area contributed by atoms with Gasteiger partial charge < -0.3 is 10.4 Å². The quantitative estimate of drug-likeness (QED) is 0.794. The van der Waals surface area contributed by atoms with Gasteiger partial charge in [0.15, 0.2) is 0 Å². The lowest BCUT2D eigenvalue weighted by Crippen LogP contribution is -2.47. The predicted octanol–water partition coefficient (Wildman–Crippen LogP) is 3.21. The molecule has 1 aromatic carbocycles. The Balaban J connectivity index is 2.11. The number of rotatable bonds is 3. The molecular formula is C13H15Cl2N3O3. The Labute approximate surface area is 132 Å². The third-order valence-electron chi connectivity index (χ3n) is 3.14. The van der Waals surface area contributed by atoms with Crippen molar-refractivity contribution in [2.75, 3.05) is 18.4 Å². The van der Waals surface area contributed by atoms with Gasteiger partial charge in [0, 0.05) is 18.1 Å². The van der Waals surface area contributed by atoms with Crippen LogP contribution >= 0.6 is 23.2 Å². The molecule has 0 bridgehead atoms. The first-order valence-corrected chi connectivity index (χ1v) is 7.28. The van der Waals surface area contributed by atoms with Crippen LogP contribution in [0.4, 0.5) is 10.5 Å². The molecule has 0 radical (unpaired) electrons. The van der Waals surface area contributed by atoms with Crippen LogP contribution in [0.25, 0.3) is 0 Å². The lowest BCUT2D eigenvalue weighted by Gasteiger charge is -2.27. The highest BCUT2D eigenvalue weighted by atomic mass is 35.5. The minimum atomic E-state index is -1.22. The minimum absolute atomic E-state index is 0.0306. The van der Waals surface area contributed by atoms with Gasteiger partial charge in [-0.05, 0) is 25.0 Å². The van der Waals surface area contributed by atoms with Crippen molar-refractivity contribution in [1.82, 2.24) is 10.4 Å². The second-order valence-corrected chi connectivity index (χ2v) is 5.57. The molecule has 2 rings (SSSR count). The summed E-state index contributed by atoms with van der Waals surface area (Å²) in [6.07, 6.45) is 3.18. The van der Waals surface area contributed by atoms with E-state index in [1.54, 1.807) is 5.01 Å². The number of piperidine rings is 1. The van der Waals surface area contributed by atoms with Gasteiger partial charge in [0.25, 0.3) is 0 Å². The number of carboxylic acids is 1. The third kappa shape index (κ3) is 4.23. The van der Waals surface area contributed by atoms with E-state index in [2.05, 4.69) is 10.7 Å². The number of hydrogen-bond donors (Lipinski definition) is 3. The maximum Gasteiger partial charge on any atom is 0.337 e. The second kappa shape index (κ2) is 6.98. The van der Waals surface area contributed by atoms with Gasteiger partial charge in [-0.15, -0.1) is 0 Å². The molecule has 8 heteroatoms. The topological polar surface area (TPSA) is 81.7 Å². The highest BCUT2D eigenvalue weighted by Crippen LogP contribution is 2.30. The minimum Gasteiger partial charge on any atom is -0.478 e. The zero-order valence-corrected chi connectivity index (χ0v) is 12.7. The number of nitrogens with zero attached hydrogens (tertiary/aromatic N) is 1. The van der Waals surface area contributed by atoms with Crippen molar-refractivity contribution in [3.63, 3.8) is 0 Å². The van der Waals surface area contributed by atoms with Crippen LogP contribution in [0, 0.1) is 0 Å². The lowest BCUT2D eigenvalue weighted by molar-refractivity contribution is 0.0698. The summed E-state index contributed by atoms with van der Waals surface area (Å²) in [6.45, 7) is 1.54. The number of urea groups is 1. The number of hydrogen-bond acceptors (Lipinski definition) is 3. The van der Waals surface area contributed by atoms with Gasteiger partial charge in [0.1, 0.15) is 0 Å². The van der Waals surface area contributed by atoms with E-state index in [-0.39, 0.29) is 21.3 Å². The van der Waals surface area contributed by atoms with E-state index in [4.69, 9.17) is 28.3 Å². The van der Waals surface area contributed by atoms with Crippen molar-refractivity contribution < 1.29 is 14.7 Å². The van der Waals surface area contributed by atoms with Crippen LogP contribution in [0.3, 0.4) is 0 Å². The Hall–Kier alpha value is -1.50. The number of carbonyl (C=O) groups is 2. The van der Waals surface area contributed by atoms with E-state index in [1.165, 1.54) is 12.1 Å². The van der Waals surface area contributed by atoms with Crippen LogP contribution in [0.2, 0.25) is 10.0 Å². The molecule has 1 aromatic rings. The monoisotopic (exact) mass is 331 g/mol. The molecule has 0 unspecified atom stereocenters. The van der Waals surface area contributed by atoms with Crippen LogP contribution in [0.15, 0.2) is 12.1 Å². The van der Waals surface area contributed by atoms with Crippen LogP contribution in [0.5, 0.6) is 0 Å². The molecule has 114 valence electrons. The molecule has 0 aromatic heterocycles. The van der Waals surface area contributed by atoms with Crippen LogP contribution in [0.1, 0.15) is 29.6 Å². The number of carboxylic acid groups (broad SMARTS) is 1. The molecule has 0 saturated carbocycles. The number of benzene rings is 1. The van der Waals surface area contributed by atoms with Crippen molar-refractivity contribution in [2.45, 2.75) is 19.3 Å². The smallest absolute Gasteiger partial charge is 0.337 e. The standard InChI is InChI=1S/C13H15Cl2N3O3/c14-8-6-9(12(19)20)11(10(15)7-8)16-13(21)17-18-4-2-1-3-5-18/h6-7H,1-5H2,(H,19,20)(H2,16,17,21). The Morgan fingerprint density at radius 3 is 2.43 bits per heavy atom. The third-order valence-corrected chi connectivity index (χ3v) is 3.66. The number of hydrazine groups is 1. The fourth-order valence-electron chi connectivity index (χ4n) is 2.16. The summed E-state index contributed by atoms with van der Waals surface area (Å²) >= 11 is 11.7. The number of halogens is 2. The zero-order valence-electron chi connectivity index (χ0n) is 11.2. The van der Waals surface area contributed by atoms with Crippen molar-refractivity contribution >= 4 is 40.9 Å². The van der Waals surface area contributed by atoms with Crippen LogP contribution in [-0.4, -0.2) is 35.2 Å². The Morgan fingerprint density at radius 1 is 1.14 bits per heavy atom. The number of anilines is 1. The predicted molar refractivity (Wildman–Crippen MR) is 81.0 cm³/mol. The number of amides is 2. The molecule has 21 heavy (non-hydrogen) atoms. The average molecular weight is 332 g/mol. The van der Waals surface area contributed by atoms with Crippen LogP contribution < -0.4 is 10.7 Å². The SMILES string of the molecule is O=C(Nc1c(Cl)cc(Cl)cc1C(=O)O)NN1CCCCC1. The van der Waals surface area contributed by atoms with Crippen LogP contribution in [-0.2, 0) is 0 Å². The molecule has 0 aliphatic carbocycles. The van der Waals surface area contributed by atoms with Gasteiger partial charge in [0.2, 0.25) is 0 Å². The maximum atomic E-state index is 11.9. The van der Waals surface area contributed by atoms with E-state index >= 15 is 0 Å².